The van der Waals surface area contributed by atoms with Crippen molar-refractivity contribution in [3.05, 3.63) is 23.8 Å². The average molecular weight is 455 g/mol. The van der Waals surface area contributed by atoms with Crippen LogP contribution >= 0.6 is 0 Å². The first-order chi connectivity index (χ1) is 14.4. The summed E-state index contributed by atoms with van der Waals surface area (Å²) in [6, 6.07) is 4.45. The maximum absolute atomic E-state index is 11.2. The van der Waals surface area contributed by atoms with Crippen LogP contribution in [0.25, 0.3) is 0 Å². The number of ether oxygens (including phenoxy) is 6. The molecule has 176 valence electrons. The Hall–Kier alpha value is -1.31. The van der Waals surface area contributed by atoms with E-state index < -0.39 is 10.1 Å². The van der Waals surface area contributed by atoms with Gasteiger partial charge in [0.05, 0.1) is 59.5 Å². The lowest BCUT2D eigenvalue weighted by Crippen LogP contribution is -2.11. The van der Waals surface area contributed by atoms with Crippen molar-refractivity contribution >= 4 is 10.1 Å². The number of aryl methyl sites for hydroxylation is 1. The molecule has 1 aromatic carbocycles. The summed E-state index contributed by atoms with van der Waals surface area (Å²) in [6.07, 6.45) is 0. The summed E-state index contributed by atoms with van der Waals surface area (Å²) >= 11 is 0. The van der Waals surface area contributed by atoms with Crippen LogP contribution in [-0.4, -0.2) is 98.4 Å². The Bertz CT molecular complexity index is 628. The Morgan fingerprint density at radius 1 is 0.800 bits per heavy atom. The fourth-order valence-electron chi connectivity index (χ4n) is 1.92. The lowest BCUT2D eigenvalue weighted by molar-refractivity contribution is 0.0159. The second kappa shape index (κ2) is 18.5. The molecule has 0 aliphatic rings. The third-order valence-corrected chi connectivity index (χ3v) is 4.23. The molecule has 0 aliphatic heterocycles. The molecular formula is C19H34O10S. The summed E-state index contributed by atoms with van der Waals surface area (Å²) < 4.78 is 61.5. The van der Waals surface area contributed by atoms with Gasteiger partial charge in [0.25, 0.3) is 10.1 Å². The quantitative estimate of drug-likeness (QED) is 0.275. The van der Waals surface area contributed by atoms with Crippen LogP contribution in [0.3, 0.4) is 0 Å². The summed E-state index contributed by atoms with van der Waals surface area (Å²) in [5.74, 6) is 0.123. The molecule has 0 aromatic heterocycles. The highest BCUT2D eigenvalue weighted by Crippen LogP contribution is 2.24. The molecule has 30 heavy (non-hydrogen) atoms. The first kappa shape index (κ1) is 28.7. The summed E-state index contributed by atoms with van der Waals surface area (Å²) in [5.41, 5.74) is 0.836. The number of benzene rings is 1. The second-order valence-corrected chi connectivity index (χ2v) is 7.21. The van der Waals surface area contributed by atoms with E-state index in [9.17, 15) is 8.42 Å². The number of methoxy groups -OCH3 is 2. The van der Waals surface area contributed by atoms with Crippen LogP contribution in [0.1, 0.15) is 5.56 Å². The van der Waals surface area contributed by atoms with Crippen LogP contribution < -0.4 is 4.74 Å². The molecule has 0 spiro atoms. The van der Waals surface area contributed by atoms with Crippen molar-refractivity contribution in [3.63, 3.8) is 0 Å². The van der Waals surface area contributed by atoms with Gasteiger partial charge in [0, 0.05) is 14.2 Å². The maximum atomic E-state index is 11.2. The van der Waals surface area contributed by atoms with Crippen molar-refractivity contribution in [2.24, 2.45) is 0 Å². The smallest absolute Gasteiger partial charge is 0.298 e. The number of hydrogen-bond donors (Lipinski definition) is 2. The fraction of sp³-hybridized carbons (Fsp3) is 0.684. The molecule has 0 heterocycles. The van der Waals surface area contributed by atoms with Crippen LogP contribution in [0.4, 0.5) is 0 Å². The van der Waals surface area contributed by atoms with E-state index in [1.807, 2.05) is 0 Å². The van der Waals surface area contributed by atoms with Crippen molar-refractivity contribution in [1.82, 2.24) is 0 Å². The van der Waals surface area contributed by atoms with E-state index in [-0.39, 0.29) is 23.9 Å². The molecule has 0 saturated heterocycles. The molecule has 0 bridgehead atoms. The first-order valence-electron chi connectivity index (χ1n) is 9.39. The Morgan fingerprint density at radius 3 is 1.80 bits per heavy atom. The van der Waals surface area contributed by atoms with E-state index in [2.05, 4.69) is 0 Å². The van der Waals surface area contributed by atoms with Gasteiger partial charge in [-0.15, -0.1) is 0 Å². The zero-order chi connectivity index (χ0) is 22.7. The molecule has 1 rings (SSSR count). The predicted molar refractivity (Wildman–Crippen MR) is 110 cm³/mol. The maximum Gasteiger partial charge on any atom is 0.298 e. The van der Waals surface area contributed by atoms with Gasteiger partial charge in [0.2, 0.25) is 0 Å². The van der Waals surface area contributed by atoms with Gasteiger partial charge in [-0.1, -0.05) is 6.07 Å². The standard InChI is InChI=1S/C12H18O6S.C7H16O4/c1-10-3-4-12(19(13,14)15)11(9-10)18-8-7-17-6-5-16-2;1-9-4-5-11-7-6-10-3-2-8/h3-4,9H,5-8H2,1-2H3,(H,13,14,15);8H,2-7H2,1H3. The largest absolute Gasteiger partial charge is 0.490 e. The molecule has 0 unspecified atom stereocenters. The van der Waals surface area contributed by atoms with Gasteiger partial charge in [-0.25, -0.2) is 0 Å². The fourth-order valence-corrected chi connectivity index (χ4v) is 2.54. The molecule has 1 aromatic rings. The van der Waals surface area contributed by atoms with Gasteiger partial charge >= 0.3 is 0 Å². The third-order valence-electron chi connectivity index (χ3n) is 3.33. The van der Waals surface area contributed by atoms with E-state index >= 15 is 0 Å². The van der Waals surface area contributed by atoms with Crippen molar-refractivity contribution < 1.29 is 46.5 Å². The van der Waals surface area contributed by atoms with Gasteiger partial charge < -0.3 is 33.5 Å². The van der Waals surface area contributed by atoms with Gasteiger partial charge in [0.15, 0.2) is 0 Å². The number of aliphatic hydroxyl groups is 1. The zero-order valence-electron chi connectivity index (χ0n) is 17.9. The highest BCUT2D eigenvalue weighted by Gasteiger charge is 2.16. The number of hydrogen-bond acceptors (Lipinski definition) is 9. The highest BCUT2D eigenvalue weighted by atomic mass is 32.2. The molecule has 2 N–H and O–H groups in total. The van der Waals surface area contributed by atoms with Crippen molar-refractivity contribution in [1.29, 1.82) is 0 Å². The monoisotopic (exact) mass is 454 g/mol. The Morgan fingerprint density at radius 2 is 1.30 bits per heavy atom. The molecule has 0 saturated carbocycles. The summed E-state index contributed by atoms with van der Waals surface area (Å²) in [4.78, 5) is -0.241. The van der Waals surface area contributed by atoms with E-state index in [0.29, 0.717) is 52.9 Å². The van der Waals surface area contributed by atoms with Gasteiger partial charge in [-0.3, -0.25) is 4.55 Å². The minimum Gasteiger partial charge on any atom is -0.490 e. The number of aliphatic hydroxyl groups excluding tert-OH is 1. The molecule has 0 fully saturated rings. The third kappa shape index (κ3) is 15.5. The van der Waals surface area contributed by atoms with Crippen LogP contribution in [0.5, 0.6) is 5.75 Å². The molecule has 0 radical (unpaired) electrons. The van der Waals surface area contributed by atoms with Crippen molar-refractivity contribution in [3.8, 4) is 5.75 Å². The van der Waals surface area contributed by atoms with Crippen LogP contribution in [-0.2, 0) is 33.8 Å². The Balaban J connectivity index is 0.000000654. The predicted octanol–water partition coefficient (Wildman–Crippen LogP) is 0.942. The van der Waals surface area contributed by atoms with E-state index in [1.165, 1.54) is 6.07 Å². The highest BCUT2D eigenvalue weighted by molar-refractivity contribution is 7.86. The molecule has 0 atom stereocenters. The van der Waals surface area contributed by atoms with Crippen molar-refractivity contribution in [2.45, 2.75) is 11.8 Å². The lowest BCUT2D eigenvalue weighted by atomic mass is 10.2. The number of rotatable bonds is 16. The lowest BCUT2D eigenvalue weighted by Gasteiger charge is -2.10. The minimum absolute atomic E-state index is 0.0675. The molecule has 0 amide bonds. The van der Waals surface area contributed by atoms with Crippen LogP contribution in [0.15, 0.2) is 23.1 Å². The summed E-state index contributed by atoms with van der Waals surface area (Å²) in [7, 11) is -1.08. The molecular weight excluding hydrogens is 420 g/mol. The zero-order valence-corrected chi connectivity index (χ0v) is 18.7. The first-order valence-corrected chi connectivity index (χ1v) is 10.8. The van der Waals surface area contributed by atoms with Gasteiger partial charge in [-0.05, 0) is 24.6 Å². The van der Waals surface area contributed by atoms with Crippen LogP contribution in [0, 0.1) is 6.92 Å². The van der Waals surface area contributed by atoms with Crippen LogP contribution in [0.2, 0.25) is 0 Å². The summed E-state index contributed by atoms with van der Waals surface area (Å²) in [5, 5.41) is 8.32. The average Bonchev–Trinajstić information content (AvgIpc) is 2.69. The SMILES string of the molecule is COCCOCCOCCO.COCCOCCOc1cc(C)ccc1S(=O)(=O)O. The van der Waals surface area contributed by atoms with Gasteiger partial charge in [0.1, 0.15) is 17.3 Å². The second-order valence-electron chi connectivity index (χ2n) is 5.82. The molecule has 10 nitrogen and oxygen atoms in total. The van der Waals surface area contributed by atoms with Crippen molar-refractivity contribution in [2.75, 3.05) is 80.3 Å². The van der Waals surface area contributed by atoms with E-state index in [4.69, 9.17) is 38.1 Å². The van der Waals surface area contributed by atoms with E-state index in [1.54, 1.807) is 33.3 Å². The summed E-state index contributed by atoms with van der Waals surface area (Å²) in [6.45, 7) is 5.98. The molecule has 0 aliphatic carbocycles. The normalized spacial score (nSPS) is 11.1. The minimum atomic E-state index is -4.29. The van der Waals surface area contributed by atoms with E-state index in [0.717, 1.165) is 5.56 Å². The topological polar surface area (TPSA) is 130 Å². The Labute approximate surface area is 178 Å². The van der Waals surface area contributed by atoms with Gasteiger partial charge in [-0.2, -0.15) is 8.42 Å². The molecule has 11 heteroatoms. The Kier molecular flexibility index (Phi) is 17.7.